The van der Waals surface area contributed by atoms with Crippen molar-refractivity contribution in [1.82, 2.24) is 5.32 Å². The first-order chi connectivity index (χ1) is 9.70. The van der Waals surface area contributed by atoms with E-state index in [0.717, 1.165) is 0 Å². The predicted molar refractivity (Wildman–Crippen MR) is 79.5 cm³/mol. The van der Waals surface area contributed by atoms with Crippen molar-refractivity contribution in [3.63, 3.8) is 0 Å². The van der Waals surface area contributed by atoms with Gasteiger partial charge in [0.1, 0.15) is 0 Å². The summed E-state index contributed by atoms with van der Waals surface area (Å²) in [5.74, 6) is -0.258. The highest BCUT2D eigenvalue weighted by molar-refractivity contribution is 5.81. The van der Waals surface area contributed by atoms with Crippen molar-refractivity contribution in [2.75, 3.05) is 6.61 Å². The summed E-state index contributed by atoms with van der Waals surface area (Å²) >= 11 is 0. The van der Waals surface area contributed by atoms with Gasteiger partial charge < -0.3 is 15.8 Å². The molecule has 0 aromatic heterocycles. The molecular formula is C16H23FN2O2. The summed E-state index contributed by atoms with van der Waals surface area (Å²) in [6.45, 7) is 7.73. The third kappa shape index (κ3) is 3.35. The lowest BCUT2D eigenvalue weighted by Crippen LogP contribution is -2.39. The largest absolute Gasteiger partial charge is 0.490 e. The lowest BCUT2D eigenvalue weighted by atomic mass is 9.92. The summed E-state index contributed by atoms with van der Waals surface area (Å²) in [6.07, 6.45) is 0.622. The van der Waals surface area contributed by atoms with Gasteiger partial charge in [-0.2, -0.15) is 0 Å². The molecule has 2 rings (SSSR count). The van der Waals surface area contributed by atoms with Crippen molar-refractivity contribution in [3.05, 3.63) is 29.1 Å². The molecule has 1 aromatic carbocycles. The number of carbonyl (C=O) groups excluding carboxylic acids is 1. The number of halogens is 1. The van der Waals surface area contributed by atoms with Crippen molar-refractivity contribution in [2.45, 2.75) is 46.2 Å². The van der Waals surface area contributed by atoms with Gasteiger partial charge in [-0.1, -0.05) is 20.8 Å². The average Bonchev–Trinajstić information content (AvgIpc) is 2.38. The van der Waals surface area contributed by atoms with Crippen LogP contribution in [-0.4, -0.2) is 12.5 Å². The van der Waals surface area contributed by atoms with Crippen LogP contribution in [0.25, 0.3) is 0 Å². The Hall–Kier alpha value is -1.62. The lowest BCUT2D eigenvalue weighted by Gasteiger charge is -2.30. The first-order valence-electron chi connectivity index (χ1n) is 7.23. The van der Waals surface area contributed by atoms with E-state index in [4.69, 9.17) is 10.5 Å². The molecule has 21 heavy (non-hydrogen) atoms. The summed E-state index contributed by atoms with van der Waals surface area (Å²) in [7, 11) is 0. The van der Waals surface area contributed by atoms with E-state index in [1.807, 2.05) is 26.8 Å². The second kappa shape index (κ2) is 5.64. The van der Waals surface area contributed by atoms with Crippen molar-refractivity contribution in [2.24, 2.45) is 11.1 Å². The fourth-order valence-electron chi connectivity index (χ4n) is 2.27. The zero-order valence-electron chi connectivity index (χ0n) is 13.0. The molecule has 1 aromatic rings. The van der Waals surface area contributed by atoms with E-state index in [9.17, 15) is 9.18 Å². The molecule has 1 amide bonds. The van der Waals surface area contributed by atoms with Crippen LogP contribution < -0.4 is 15.8 Å². The molecule has 0 saturated heterocycles. The molecule has 5 heteroatoms. The SMILES string of the molecule is CC(N)c1cc(F)c2c(c1)C(NC(=O)C(C)(C)C)CCO2. The molecule has 1 aliphatic heterocycles. The maximum Gasteiger partial charge on any atom is 0.225 e. The molecule has 2 atom stereocenters. The van der Waals surface area contributed by atoms with Crippen molar-refractivity contribution in [1.29, 1.82) is 0 Å². The molecule has 0 saturated carbocycles. The highest BCUT2D eigenvalue weighted by Crippen LogP contribution is 2.36. The van der Waals surface area contributed by atoms with E-state index >= 15 is 0 Å². The molecule has 0 aliphatic carbocycles. The smallest absolute Gasteiger partial charge is 0.225 e. The minimum absolute atomic E-state index is 0.0630. The Labute approximate surface area is 124 Å². The Morgan fingerprint density at radius 2 is 2.14 bits per heavy atom. The van der Waals surface area contributed by atoms with Crippen molar-refractivity contribution < 1.29 is 13.9 Å². The second-order valence-corrected chi connectivity index (χ2v) is 6.62. The molecule has 0 spiro atoms. The van der Waals surface area contributed by atoms with Crippen LogP contribution in [0.4, 0.5) is 4.39 Å². The molecule has 3 N–H and O–H groups in total. The minimum Gasteiger partial charge on any atom is -0.490 e. The molecule has 1 heterocycles. The van der Waals surface area contributed by atoms with Gasteiger partial charge in [0.05, 0.1) is 12.6 Å². The van der Waals surface area contributed by atoms with E-state index in [-0.39, 0.29) is 23.7 Å². The van der Waals surface area contributed by atoms with Gasteiger partial charge in [-0.15, -0.1) is 0 Å². The van der Waals surface area contributed by atoms with E-state index in [0.29, 0.717) is 24.2 Å². The van der Waals surface area contributed by atoms with E-state index in [1.165, 1.54) is 6.07 Å². The zero-order valence-corrected chi connectivity index (χ0v) is 13.0. The van der Waals surface area contributed by atoms with Gasteiger partial charge >= 0.3 is 0 Å². The Kier molecular flexibility index (Phi) is 4.23. The monoisotopic (exact) mass is 294 g/mol. The van der Waals surface area contributed by atoms with Crippen LogP contribution in [0.5, 0.6) is 5.75 Å². The summed E-state index contributed by atoms with van der Waals surface area (Å²) in [6, 6.07) is 2.71. The van der Waals surface area contributed by atoms with Gasteiger partial charge in [-0.25, -0.2) is 4.39 Å². The summed E-state index contributed by atoms with van der Waals surface area (Å²) in [5, 5.41) is 2.98. The van der Waals surface area contributed by atoms with Gasteiger partial charge in [-0.3, -0.25) is 4.79 Å². The number of hydrogen-bond acceptors (Lipinski definition) is 3. The highest BCUT2D eigenvalue weighted by atomic mass is 19.1. The molecular weight excluding hydrogens is 271 g/mol. The number of fused-ring (bicyclic) bond motifs is 1. The first kappa shape index (κ1) is 15.8. The molecule has 0 bridgehead atoms. The summed E-state index contributed by atoms with van der Waals surface area (Å²) in [5.41, 5.74) is 6.72. The van der Waals surface area contributed by atoms with Crippen LogP contribution in [0.2, 0.25) is 0 Å². The Morgan fingerprint density at radius 3 is 2.71 bits per heavy atom. The number of amides is 1. The lowest BCUT2D eigenvalue weighted by molar-refractivity contribution is -0.129. The molecule has 1 aliphatic rings. The highest BCUT2D eigenvalue weighted by Gasteiger charge is 2.30. The Bertz CT molecular complexity index is 550. The maximum atomic E-state index is 14.1. The van der Waals surface area contributed by atoms with Gasteiger partial charge in [-0.05, 0) is 24.6 Å². The van der Waals surface area contributed by atoms with Crippen LogP contribution in [0.15, 0.2) is 12.1 Å². The van der Waals surface area contributed by atoms with Gasteiger partial charge in [0.2, 0.25) is 5.91 Å². The maximum absolute atomic E-state index is 14.1. The normalized spacial score (nSPS) is 19.4. The van der Waals surface area contributed by atoms with Crippen LogP contribution in [0.3, 0.4) is 0 Å². The molecule has 2 unspecified atom stereocenters. The van der Waals surface area contributed by atoms with Crippen LogP contribution in [-0.2, 0) is 4.79 Å². The average molecular weight is 294 g/mol. The first-order valence-corrected chi connectivity index (χ1v) is 7.23. The predicted octanol–water partition coefficient (Wildman–Crippen LogP) is 2.83. The minimum atomic E-state index is -0.490. The molecule has 0 radical (unpaired) electrons. The van der Waals surface area contributed by atoms with E-state index in [2.05, 4.69) is 5.32 Å². The number of nitrogens with one attached hydrogen (secondary N) is 1. The van der Waals surface area contributed by atoms with E-state index < -0.39 is 11.2 Å². The summed E-state index contributed by atoms with van der Waals surface area (Å²) < 4.78 is 19.6. The van der Waals surface area contributed by atoms with Crippen LogP contribution in [0, 0.1) is 11.2 Å². The third-order valence-corrected chi connectivity index (χ3v) is 3.64. The van der Waals surface area contributed by atoms with Crippen LogP contribution in [0.1, 0.15) is 57.3 Å². The van der Waals surface area contributed by atoms with Gasteiger partial charge in [0.25, 0.3) is 0 Å². The van der Waals surface area contributed by atoms with Crippen molar-refractivity contribution in [3.8, 4) is 5.75 Å². The number of carbonyl (C=O) groups is 1. The number of rotatable bonds is 2. The molecule has 4 nitrogen and oxygen atoms in total. The van der Waals surface area contributed by atoms with Gasteiger partial charge in [0.15, 0.2) is 11.6 Å². The Morgan fingerprint density at radius 1 is 1.48 bits per heavy atom. The number of nitrogens with two attached hydrogens (primary N) is 1. The molecule has 0 fully saturated rings. The summed E-state index contributed by atoms with van der Waals surface area (Å²) in [4.78, 5) is 12.2. The van der Waals surface area contributed by atoms with Gasteiger partial charge in [0, 0.05) is 23.4 Å². The number of benzene rings is 1. The van der Waals surface area contributed by atoms with E-state index in [1.54, 1.807) is 6.92 Å². The van der Waals surface area contributed by atoms with Crippen LogP contribution >= 0.6 is 0 Å². The number of hydrogen-bond donors (Lipinski definition) is 2. The number of ether oxygens (including phenoxy) is 1. The molecule has 116 valence electrons. The zero-order chi connectivity index (χ0) is 15.8. The second-order valence-electron chi connectivity index (χ2n) is 6.62. The topological polar surface area (TPSA) is 64.3 Å². The standard InChI is InChI=1S/C16H23FN2O2/c1-9(18)10-7-11-13(19-15(20)16(2,3)4)5-6-21-14(11)12(17)8-10/h7-9,13H,5-6,18H2,1-4H3,(H,19,20). The quantitative estimate of drug-likeness (QED) is 0.881. The van der Waals surface area contributed by atoms with Crippen molar-refractivity contribution >= 4 is 5.91 Å². The fraction of sp³-hybridized carbons (Fsp3) is 0.562. The fourth-order valence-corrected chi connectivity index (χ4v) is 2.27. The Balaban J connectivity index is 2.36. The third-order valence-electron chi connectivity index (χ3n) is 3.64.